The Bertz CT molecular complexity index is 274. The summed E-state index contributed by atoms with van der Waals surface area (Å²) in [4.78, 5) is 3.29. The molecule has 0 aromatic heterocycles. The van der Waals surface area contributed by atoms with Gasteiger partial charge in [0.2, 0.25) is 0 Å². The summed E-state index contributed by atoms with van der Waals surface area (Å²) in [6.07, 6.45) is 0. The Labute approximate surface area is 79.0 Å². The number of rotatable bonds is 4. The molecule has 66 valence electrons. The largest absolute Gasteiger partial charge is 0.387 e. The molecule has 2 radical (unpaired) electrons. The summed E-state index contributed by atoms with van der Waals surface area (Å²) in [5.74, 6) is 0.302. The first-order valence-corrected chi connectivity index (χ1v) is 3.97. The molecule has 2 N–H and O–H groups in total. The highest BCUT2D eigenvalue weighted by Gasteiger charge is 1.92. The molecule has 1 rings (SSSR count). The highest BCUT2D eigenvalue weighted by atomic mass is 16.5. The Morgan fingerprint density at radius 3 is 2.69 bits per heavy atom. The summed E-state index contributed by atoms with van der Waals surface area (Å²) in [6.45, 7) is 0.794. The van der Waals surface area contributed by atoms with Crippen molar-refractivity contribution in [2.45, 2.75) is 6.61 Å². The SMILES string of the molecule is [B]/N=C(\N)COCc1ccccc1. The maximum absolute atomic E-state index is 5.34. The molecule has 3 nitrogen and oxygen atoms in total. The lowest BCUT2D eigenvalue weighted by Crippen LogP contribution is -2.18. The van der Waals surface area contributed by atoms with Gasteiger partial charge >= 0.3 is 0 Å². The van der Waals surface area contributed by atoms with E-state index in [0.717, 1.165) is 5.56 Å². The molecule has 0 saturated carbocycles. The van der Waals surface area contributed by atoms with Crippen LogP contribution >= 0.6 is 0 Å². The van der Waals surface area contributed by atoms with Gasteiger partial charge in [0.05, 0.1) is 6.61 Å². The van der Waals surface area contributed by atoms with Crippen LogP contribution in [0.2, 0.25) is 0 Å². The van der Waals surface area contributed by atoms with Gasteiger partial charge in [-0.25, -0.2) is 0 Å². The predicted molar refractivity (Wildman–Crippen MR) is 53.5 cm³/mol. The molecule has 13 heavy (non-hydrogen) atoms. The standard InChI is InChI=1S/C9H11BN2O/c10-12-9(11)7-13-6-8-4-2-1-3-5-8/h1-5H,6-7H2,(H2,11,12). The van der Waals surface area contributed by atoms with Crippen LogP contribution in [0.3, 0.4) is 0 Å². The number of hydrogen-bond donors (Lipinski definition) is 1. The van der Waals surface area contributed by atoms with Crippen LogP contribution in [0.4, 0.5) is 0 Å². The van der Waals surface area contributed by atoms with Gasteiger partial charge in [-0.15, -0.1) is 0 Å². The average molecular weight is 174 g/mol. The molecule has 0 amide bonds. The summed E-state index contributed by atoms with van der Waals surface area (Å²) in [5, 5.41) is 0. The molecule has 0 aliphatic carbocycles. The summed E-state index contributed by atoms with van der Waals surface area (Å²) in [7, 11) is 4.93. The van der Waals surface area contributed by atoms with Crippen molar-refractivity contribution < 1.29 is 4.74 Å². The summed E-state index contributed by atoms with van der Waals surface area (Å²) >= 11 is 0. The highest BCUT2D eigenvalue weighted by Crippen LogP contribution is 1.99. The molecule has 4 heteroatoms. The third-order valence-corrected chi connectivity index (χ3v) is 1.53. The van der Waals surface area contributed by atoms with E-state index in [-0.39, 0.29) is 6.61 Å². The van der Waals surface area contributed by atoms with Crippen molar-refractivity contribution in [3.63, 3.8) is 0 Å². The number of nitrogens with zero attached hydrogens (tertiary/aromatic N) is 1. The Balaban J connectivity index is 2.28. The highest BCUT2D eigenvalue weighted by molar-refractivity contribution is 6.12. The normalized spacial score (nSPS) is 11.5. The molecule has 0 bridgehead atoms. The number of hydrogen-bond acceptors (Lipinski definition) is 2. The molecule has 0 heterocycles. The lowest BCUT2D eigenvalue weighted by Gasteiger charge is -2.03. The monoisotopic (exact) mass is 174 g/mol. The Hall–Kier alpha value is -1.29. The van der Waals surface area contributed by atoms with Crippen LogP contribution < -0.4 is 5.73 Å². The van der Waals surface area contributed by atoms with Crippen molar-refractivity contribution >= 4 is 13.8 Å². The van der Waals surface area contributed by atoms with E-state index in [4.69, 9.17) is 18.5 Å². The zero-order valence-corrected chi connectivity index (χ0v) is 7.31. The van der Waals surface area contributed by atoms with Gasteiger partial charge in [-0.05, 0) is 5.56 Å². The number of benzene rings is 1. The molecule has 1 aromatic carbocycles. The minimum absolute atomic E-state index is 0.269. The molecule has 0 atom stereocenters. The minimum atomic E-state index is 0.269. The topological polar surface area (TPSA) is 47.6 Å². The van der Waals surface area contributed by atoms with Gasteiger partial charge in [0, 0.05) is 0 Å². The quantitative estimate of drug-likeness (QED) is 0.413. The van der Waals surface area contributed by atoms with E-state index >= 15 is 0 Å². The van der Waals surface area contributed by atoms with E-state index in [9.17, 15) is 0 Å². The van der Waals surface area contributed by atoms with Crippen LogP contribution in [-0.4, -0.2) is 20.4 Å². The molecular weight excluding hydrogens is 163 g/mol. The lowest BCUT2D eigenvalue weighted by atomic mass is 10.2. The molecule has 1 aromatic rings. The van der Waals surface area contributed by atoms with Gasteiger partial charge in [-0.2, -0.15) is 0 Å². The zero-order chi connectivity index (χ0) is 9.52. The van der Waals surface area contributed by atoms with Gasteiger partial charge in [0.1, 0.15) is 12.4 Å². The fourth-order valence-electron chi connectivity index (χ4n) is 0.885. The Morgan fingerprint density at radius 1 is 1.38 bits per heavy atom. The smallest absolute Gasteiger partial charge is 0.261 e. The first-order chi connectivity index (χ1) is 6.33. The van der Waals surface area contributed by atoms with E-state index in [1.54, 1.807) is 0 Å². The first kappa shape index (κ1) is 9.80. The van der Waals surface area contributed by atoms with Gasteiger partial charge in [-0.3, -0.25) is 0 Å². The third kappa shape index (κ3) is 3.76. The zero-order valence-electron chi connectivity index (χ0n) is 7.31. The second kappa shape index (κ2) is 5.38. The van der Waals surface area contributed by atoms with Crippen LogP contribution in [0.25, 0.3) is 0 Å². The second-order valence-corrected chi connectivity index (χ2v) is 2.60. The van der Waals surface area contributed by atoms with Crippen molar-refractivity contribution in [2.24, 2.45) is 10.6 Å². The van der Waals surface area contributed by atoms with Crippen LogP contribution in [0.1, 0.15) is 5.56 Å². The van der Waals surface area contributed by atoms with Crippen molar-refractivity contribution in [1.29, 1.82) is 0 Å². The summed E-state index contributed by atoms with van der Waals surface area (Å²) in [5.41, 5.74) is 6.44. The molecule has 0 fully saturated rings. The van der Waals surface area contributed by atoms with Crippen LogP contribution in [0.5, 0.6) is 0 Å². The van der Waals surface area contributed by atoms with E-state index in [1.807, 2.05) is 30.3 Å². The number of nitrogens with two attached hydrogens (primary N) is 1. The Morgan fingerprint density at radius 2 is 2.08 bits per heavy atom. The van der Waals surface area contributed by atoms with Gasteiger partial charge in [-0.1, -0.05) is 30.3 Å². The lowest BCUT2D eigenvalue weighted by molar-refractivity contribution is 0.157. The predicted octanol–water partition coefficient (Wildman–Crippen LogP) is 0.644. The number of ether oxygens (including phenoxy) is 1. The maximum atomic E-state index is 5.34. The fourth-order valence-corrected chi connectivity index (χ4v) is 0.885. The van der Waals surface area contributed by atoms with Gasteiger partial charge in [0.25, 0.3) is 7.98 Å². The van der Waals surface area contributed by atoms with Gasteiger partial charge in [0.15, 0.2) is 0 Å². The average Bonchev–Trinajstić information content (AvgIpc) is 2.19. The summed E-state index contributed by atoms with van der Waals surface area (Å²) in [6, 6.07) is 9.84. The van der Waals surface area contributed by atoms with Gasteiger partial charge < -0.3 is 15.4 Å². The van der Waals surface area contributed by atoms with E-state index in [1.165, 1.54) is 0 Å². The minimum Gasteiger partial charge on any atom is -0.387 e. The van der Waals surface area contributed by atoms with E-state index < -0.39 is 0 Å². The third-order valence-electron chi connectivity index (χ3n) is 1.53. The van der Waals surface area contributed by atoms with E-state index in [0.29, 0.717) is 12.4 Å². The van der Waals surface area contributed by atoms with Crippen molar-refractivity contribution in [1.82, 2.24) is 0 Å². The summed E-state index contributed by atoms with van der Waals surface area (Å²) < 4.78 is 5.24. The Kier molecular flexibility index (Phi) is 4.05. The maximum Gasteiger partial charge on any atom is 0.261 e. The van der Waals surface area contributed by atoms with Crippen LogP contribution in [0.15, 0.2) is 35.2 Å². The van der Waals surface area contributed by atoms with E-state index in [2.05, 4.69) is 4.90 Å². The first-order valence-electron chi connectivity index (χ1n) is 3.97. The van der Waals surface area contributed by atoms with Crippen LogP contribution in [0, 0.1) is 0 Å². The molecular formula is C9H11BN2O. The second-order valence-electron chi connectivity index (χ2n) is 2.60. The van der Waals surface area contributed by atoms with Crippen molar-refractivity contribution in [2.75, 3.05) is 6.61 Å². The molecule has 0 aliphatic heterocycles. The molecule has 0 unspecified atom stereocenters. The molecule has 0 saturated heterocycles. The molecule has 0 aliphatic rings. The van der Waals surface area contributed by atoms with Crippen LogP contribution in [-0.2, 0) is 11.3 Å². The number of amidine groups is 1. The van der Waals surface area contributed by atoms with Crippen molar-refractivity contribution in [3.05, 3.63) is 35.9 Å². The fraction of sp³-hybridized carbons (Fsp3) is 0.222. The van der Waals surface area contributed by atoms with Crippen molar-refractivity contribution in [3.8, 4) is 0 Å². The molecule has 0 spiro atoms.